The van der Waals surface area contributed by atoms with Crippen LogP contribution in [0.3, 0.4) is 0 Å². The van der Waals surface area contributed by atoms with Gasteiger partial charge in [-0.15, -0.1) is 0 Å². The predicted molar refractivity (Wildman–Crippen MR) is 99.4 cm³/mol. The first kappa shape index (κ1) is 21.6. The van der Waals surface area contributed by atoms with Gasteiger partial charge in [0.2, 0.25) is 0 Å². The quantitative estimate of drug-likeness (QED) is 0.462. The summed E-state index contributed by atoms with van der Waals surface area (Å²) >= 11 is 0. The molecule has 2 aromatic carbocycles. The maximum absolute atomic E-state index is 11.4. The molecule has 0 amide bonds. The molecular weight excluding hydrogens is 380 g/mol. The molecule has 0 saturated heterocycles. The van der Waals surface area contributed by atoms with Gasteiger partial charge in [0, 0.05) is 6.07 Å². The summed E-state index contributed by atoms with van der Waals surface area (Å²) < 4.78 is 45.5. The van der Waals surface area contributed by atoms with E-state index in [1.165, 1.54) is 37.3 Å². The summed E-state index contributed by atoms with van der Waals surface area (Å²) in [5, 5.41) is 10.5. The lowest BCUT2D eigenvalue weighted by atomic mass is 10.3. The number of hydrogen-bond donors (Lipinski definition) is 1. The highest BCUT2D eigenvalue weighted by atomic mass is 32.2. The lowest BCUT2D eigenvalue weighted by molar-refractivity contribution is -0.387. The van der Waals surface area contributed by atoms with E-state index in [4.69, 9.17) is 5.73 Å². The highest BCUT2D eigenvalue weighted by Crippen LogP contribution is 2.23. The van der Waals surface area contributed by atoms with E-state index >= 15 is 0 Å². The number of nitrogens with two attached hydrogens (primary N) is 1. The van der Waals surface area contributed by atoms with Gasteiger partial charge in [0.1, 0.15) is 4.90 Å². The van der Waals surface area contributed by atoms with Crippen LogP contribution in [0.2, 0.25) is 0 Å². The van der Waals surface area contributed by atoms with Crippen LogP contribution >= 0.6 is 0 Å². The summed E-state index contributed by atoms with van der Waals surface area (Å²) in [4.78, 5) is 9.85. The third-order valence-electron chi connectivity index (χ3n) is 3.41. The average Bonchev–Trinajstić information content (AvgIpc) is 2.62. The Morgan fingerprint density at radius 1 is 0.846 bits per heavy atom. The largest absolute Gasteiger partial charge is 0.398 e. The molecule has 26 heavy (non-hydrogen) atoms. The number of anilines is 1. The Morgan fingerprint density at radius 2 is 1.27 bits per heavy atom. The van der Waals surface area contributed by atoms with Crippen LogP contribution in [0.4, 0.5) is 11.4 Å². The van der Waals surface area contributed by atoms with Crippen LogP contribution in [0.5, 0.6) is 0 Å². The Balaban J connectivity index is 0.000000263. The predicted octanol–water partition coefficient (Wildman–Crippen LogP) is 2.45. The molecule has 0 unspecified atom stereocenters. The minimum Gasteiger partial charge on any atom is -0.398 e. The van der Waals surface area contributed by atoms with Crippen LogP contribution in [0.25, 0.3) is 0 Å². The first-order chi connectivity index (χ1) is 12.1. The molecule has 0 heterocycles. The van der Waals surface area contributed by atoms with E-state index in [1.54, 1.807) is 25.1 Å². The maximum atomic E-state index is 11.4. The molecule has 0 aromatic heterocycles. The van der Waals surface area contributed by atoms with Gasteiger partial charge in [-0.1, -0.05) is 38.1 Å². The highest BCUT2D eigenvalue weighted by molar-refractivity contribution is 7.91. The lowest BCUT2D eigenvalue weighted by Gasteiger charge is -2.03. The topological polar surface area (TPSA) is 137 Å². The third-order valence-corrected chi connectivity index (χ3v) is 6.99. The highest BCUT2D eigenvalue weighted by Gasteiger charge is 2.22. The van der Waals surface area contributed by atoms with E-state index < -0.39 is 24.6 Å². The second kappa shape index (κ2) is 8.77. The molecule has 0 atom stereocenters. The first-order valence-electron chi connectivity index (χ1n) is 7.60. The lowest BCUT2D eigenvalue weighted by Crippen LogP contribution is -2.06. The van der Waals surface area contributed by atoms with Gasteiger partial charge in [0.15, 0.2) is 19.7 Å². The number of rotatable bonds is 5. The standard InChI is InChI=1S/C8H9NO4S.C8H11NO2S/c1-2-14(12,13)8-6-4-3-5-7(8)9(10)11;1-2-12(10,11)8-6-4-3-5-7(8)9/h3-6H,2H2,1H3;3-6H,2,9H2,1H3. The van der Waals surface area contributed by atoms with Crippen LogP contribution in [0.1, 0.15) is 13.8 Å². The van der Waals surface area contributed by atoms with E-state index in [1.807, 2.05) is 0 Å². The van der Waals surface area contributed by atoms with E-state index in [-0.39, 0.29) is 27.0 Å². The van der Waals surface area contributed by atoms with Crippen molar-refractivity contribution in [3.63, 3.8) is 0 Å². The van der Waals surface area contributed by atoms with Crippen LogP contribution in [0, 0.1) is 10.1 Å². The normalized spacial score (nSPS) is 11.3. The van der Waals surface area contributed by atoms with Crippen molar-refractivity contribution < 1.29 is 21.8 Å². The Kier molecular flexibility index (Phi) is 7.28. The molecule has 2 N–H and O–H groups in total. The molecule has 0 aliphatic heterocycles. The van der Waals surface area contributed by atoms with E-state index in [9.17, 15) is 26.9 Å². The number of nitrogens with zero attached hydrogens (tertiary/aromatic N) is 1. The molecule has 142 valence electrons. The van der Waals surface area contributed by atoms with E-state index in [2.05, 4.69) is 0 Å². The minimum atomic E-state index is -3.52. The van der Waals surface area contributed by atoms with Gasteiger partial charge in [0.25, 0.3) is 5.69 Å². The molecule has 0 radical (unpaired) electrons. The number of sulfone groups is 2. The molecular formula is C16H20N2O6S2. The molecule has 0 saturated carbocycles. The Labute approximate surface area is 152 Å². The van der Waals surface area contributed by atoms with Gasteiger partial charge < -0.3 is 5.73 Å². The van der Waals surface area contributed by atoms with Gasteiger partial charge >= 0.3 is 0 Å². The minimum absolute atomic E-state index is 0.0845. The van der Waals surface area contributed by atoms with Crippen molar-refractivity contribution in [3.05, 3.63) is 58.6 Å². The van der Waals surface area contributed by atoms with Crippen molar-refractivity contribution in [2.24, 2.45) is 0 Å². The van der Waals surface area contributed by atoms with Crippen molar-refractivity contribution >= 4 is 31.0 Å². The maximum Gasteiger partial charge on any atom is 0.287 e. The Bertz CT molecular complexity index is 985. The first-order valence-corrected chi connectivity index (χ1v) is 10.9. The number of nitro groups is 1. The van der Waals surface area contributed by atoms with Crippen LogP contribution in [-0.2, 0) is 19.7 Å². The second-order valence-corrected chi connectivity index (χ2v) is 9.56. The fourth-order valence-electron chi connectivity index (χ4n) is 1.95. The van der Waals surface area contributed by atoms with Gasteiger partial charge in [-0.3, -0.25) is 10.1 Å². The second-order valence-electron chi connectivity index (χ2n) is 5.07. The summed E-state index contributed by atoms with van der Waals surface area (Å²) in [6.07, 6.45) is 0. The van der Waals surface area contributed by atoms with E-state index in [0.717, 1.165) is 0 Å². The Hall–Kier alpha value is -2.46. The number of hydrogen-bond acceptors (Lipinski definition) is 7. The fourth-order valence-corrected chi connectivity index (χ4v) is 4.03. The molecule has 0 aliphatic rings. The van der Waals surface area contributed by atoms with Gasteiger partial charge in [0.05, 0.1) is 27.0 Å². The molecule has 0 bridgehead atoms. The summed E-state index contributed by atoms with van der Waals surface area (Å²) in [5.41, 5.74) is 5.46. The number of nitrogen functional groups attached to an aromatic ring is 1. The van der Waals surface area contributed by atoms with Gasteiger partial charge in [-0.05, 0) is 18.2 Å². The molecule has 8 nitrogen and oxygen atoms in total. The molecule has 0 fully saturated rings. The summed E-state index contributed by atoms with van der Waals surface area (Å²) in [7, 11) is -6.67. The van der Waals surface area contributed by atoms with Crippen molar-refractivity contribution in [1.82, 2.24) is 0 Å². The van der Waals surface area contributed by atoms with Gasteiger partial charge in [-0.25, -0.2) is 16.8 Å². The molecule has 2 aromatic rings. The van der Waals surface area contributed by atoms with Crippen molar-refractivity contribution in [2.75, 3.05) is 17.2 Å². The van der Waals surface area contributed by atoms with Gasteiger partial charge in [-0.2, -0.15) is 0 Å². The third kappa shape index (κ3) is 5.27. The summed E-state index contributed by atoms with van der Waals surface area (Å²) in [6.45, 7) is 3.05. The zero-order valence-corrected chi connectivity index (χ0v) is 16.0. The molecule has 0 aliphatic carbocycles. The number of nitro benzene ring substituents is 1. The average molecular weight is 400 g/mol. The summed E-state index contributed by atoms with van der Waals surface area (Å²) in [6, 6.07) is 11.8. The van der Waals surface area contributed by atoms with E-state index in [0.29, 0.717) is 5.69 Å². The monoisotopic (exact) mass is 400 g/mol. The fraction of sp³-hybridized carbons (Fsp3) is 0.250. The zero-order valence-electron chi connectivity index (χ0n) is 14.3. The Morgan fingerprint density at radius 3 is 1.73 bits per heavy atom. The summed E-state index contributed by atoms with van der Waals surface area (Å²) in [5.74, 6) is -0.0565. The zero-order chi connectivity index (χ0) is 20.0. The van der Waals surface area contributed by atoms with Crippen LogP contribution in [-0.4, -0.2) is 33.3 Å². The number of para-hydroxylation sites is 2. The SMILES string of the molecule is CCS(=O)(=O)c1ccccc1N.CCS(=O)(=O)c1ccccc1[N+](=O)[O-]. The van der Waals surface area contributed by atoms with Crippen molar-refractivity contribution in [3.8, 4) is 0 Å². The van der Waals surface area contributed by atoms with Crippen LogP contribution in [0.15, 0.2) is 58.3 Å². The van der Waals surface area contributed by atoms with Crippen LogP contribution < -0.4 is 5.73 Å². The smallest absolute Gasteiger partial charge is 0.287 e. The van der Waals surface area contributed by atoms with Crippen molar-refractivity contribution in [2.45, 2.75) is 23.6 Å². The molecule has 0 spiro atoms. The molecule has 2 rings (SSSR count). The van der Waals surface area contributed by atoms with Crippen molar-refractivity contribution in [1.29, 1.82) is 0 Å². The molecule has 10 heteroatoms. The number of benzene rings is 2.